The van der Waals surface area contributed by atoms with E-state index in [9.17, 15) is 13.2 Å². The van der Waals surface area contributed by atoms with Gasteiger partial charge < -0.3 is 24.8 Å². The van der Waals surface area contributed by atoms with Crippen LogP contribution in [-0.2, 0) is 20.2 Å². The Kier molecular flexibility index (Phi) is 10.3. The Morgan fingerprint density at radius 1 is 0.979 bits per heavy atom. The number of ether oxygens (including phenoxy) is 3. The van der Waals surface area contributed by atoms with Crippen LogP contribution in [0.4, 0.5) is 21.9 Å². The van der Waals surface area contributed by atoms with Gasteiger partial charge in [-0.2, -0.15) is 0 Å². The lowest BCUT2D eigenvalue weighted by Crippen LogP contribution is -2.36. The standard InChI is InChI=1S/C35H41N5O6S/c1-35(2,3)24-21-30(33(44-4)31(22-24)39-47(5,42)43)38-34(41)37-29-12-13-32(28-11-7-6-10-27(28)29)46-26-14-15-36-25(23-26)9-8-16-40-17-19-45-20-18-40/h6-15,21-23,39H,16-20H2,1-5H3,(H2,37,38,41). The Morgan fingerprint density at radius 3 is 2.38 bits per heavy atom. The van der Waals surface area contributed by atoms with Gasteiger partial charge in [0.2, 0.25) is 10.0 Å². The Morgan fingerprint density at radius 2 is 1.68 bits per heavy atom. The molecule has 1 aromatic heterocycles. The SMILES string of the molecule is COc1c(NC(=O)Nc2ccc(Oc3ccnc(C=CCN4CCOCC4)c3)c3ccccc23)cc(C(C)(C)C)cc1NS(C)(=O)=O. The fourth-order valence-electron chi connectivity index (χ4n) is 5.21. The Hall–Kier alpha value is -4.65. The minimum atomic E-state index is -3.61. The fraction of sp³-hybridized carbons (Fsp3) is 0.314. The number of anilines is 3. The van der Waals surface area contributed by atoms with Gasteiger partial charge in [-0.15, -0.1) is 0 Å². The van der Waals surface area contributed by atoms with Crippen LogP contribution in [0.15, 0.2) is 72.9 Å². The fourth-order valence-corrected chi connectivity index (χ4v) is 5.76. The molecule has 1 aliphatic heterocycles. The maximum atomic E-state index is 13.4. The van der Waals surface area contributed by atoms with Crippen molar-refractivity contribution in [3.05, 3.63) is 84.2 Å². The van der Waals surface area contributed by atoms with Crippen molar-refractivity contribution in [2.75, 3.05) is 61.6 Å². The summed E-state index contributed by atoms with van der Waals surface area (Å²) in [6.45, 7) is 10.2. The van der Waals surface area contributed by atoms with Crippen molar-refractivity contribution >= 4 is 50.0 Å². The quantitative estimate of drug-likeness (QED) is 0.172. The molecule has 0 aliphatic carbocycles. The van der Waals surface area contributed by atoms with Gasteiger partial charge >= 0.3 is 6.03 Å². The van der Waals surface area contributed by atoms with Gasteiger partial charge in [0.25, 0.3) is 0 Å². The molecule has 0 spiro atoms. The highest BCUT2D eigenvalue weighted by molar-refractivity contribution is 7.92. The molecule has 5 rings (SSSR count). The van der Waals surface area contributed by atoms with Crippen LogP contribution in [0.3, 0.4) is 0 Å². The third kappa shape index (κ3) is 9.00. The molecule has 3 N–H and O–H groups in total. The van der Waals surface area contributed by atoms with E-state index in [2.05, 4.69) is 31.3 Å². The monoisotopic (exact) mass is 659 g/mol. The van der Waals surface area contributed by atoms with E-state index in [1.165, 1.54) is 7.11 Å². The molecule has 1 fully saturated rings. The summed E-state index contributed by atoms with van der Waals surface area (Å²) in [5.74, 6) is 1.45. The molecule has 47 heavy (non-hydrogen) atoms. The number of amides is 2. The number of urea groups is 1. The van der Waals surface area contributed by atoms with Crippen molar-refractivity contribution in [2.45, 2.75) is 26.2 Å². The zero-order chi connectivity index (χ0) is 33.6. The molecule has 1 aliphatic rings. The zero-order valence-corrected chi connectivity index (χ0v) is 28.1. The van der Waals surface area contributed by atoms with Gasteiger partial charge in [-0.1, -0.05) is 51.1 Å². The smallest absolute Gasteiger partial charge is 0.323 e. The molecule has 4 aromatic rings. The maximum Gasteiger partial charge on any atom is 0.323 e. The number of sulfonamides is 1. The highest BCUT2D eigenvalue weighted by Gasteiger charge is 2.22. The number of nitrogens with zero attached hydrogens (tertiary/aromatic N) is 2. The zero-order valence-electron chi connectivity index (χ0n) is 27.3. The lowest BCUT2D eigenvalue weighted by Gasteiger charge is -2.25. The molecule has 1 saturated heterocycles. The second kappa shape index (κ2) is 14.4. The molecule has 0 saturated carbocycles. The van der Waals surface area contributed by atoms with E-state index >= 15 is 0 Å². The van der Waals surface area contributed by atoms with Gasteiger partial charge in [0.05, 0.1) is 49.3 Å². The maximum absolute atomic E-state index is 13.4. The third-order valence-electron chi connectivity index (χ3n) is 7.57. The number of fused-ring (bicyclic) bond motifs is 1. The van der Waals surface area contributed by atoms with Crippen molar-refractivity contribution in [1.82, 2.24) is 9.88 Å². The summed E-state index contributed by atoms with van der Waals surface area (Å²) in [7, 11) is -2.19. The predicted molar refractivity (Wildman–Crippen MR) is 187 cm³/mol. The van der Waals surface area contributed by atoms with E-state index in [0.29, 0.717) is 22.9 Å². The van der Waals surface area contributed by atoms with E-state index in [1.54, 1.807) is 36.5 Å². The van der Waals surface area contributed by atoms with Gasteiger partial charge in [-0.3, -0.25) is 14.6 Å². The van der Waals surface area contributed by atoms with Crippen molar-refractivity contribution in [1.29, 1.82) is 0 Å². The van der Waals surface area contributed by atoms with Crippen LogP contribution in [0, 0.1) is 0 Å². The number of hydrogen-bond acceptors (Lipinski definition) is 8. The van der Waals surface area contributed by atoms with Crippen LogP contribution in [0.2, 0.25) is 0 Å². The lowest BCUT2D eigenvalue weighted by atomic mass is 9.86. The molecule has 0 atom stereocenters. The predicted octanol–water partition coefficient (Wildman–Crippen LogP) is 6.69. The van der Waals surface area contributed by atoms with Crippen LogP contribution in [0.5, 0.6) is 17.2 Å². The first-order valence-corrected chi connectivity index (χ1v) is 17.2. The molecule has 2 heterocycles. The number of rotatable bonds is 10. The van der Waals surface area contributed by atoms with E-state index < -0.39 is 16.1 Å². The number of carbonyl (C=O) groups excluding carboxylic acids is 1. The summed E-state index contributed by atoms with van der Waals surface area (Å²) in [4.78, 5) is 20.2. The van der Waals surface area contributed by atoms with Crippen LogP contribution >= 0.6 is 0 Å². The Balaban J connectivity index is 1.35. The summed E-state index contributed by atoms with van der Waals surface area (Å²) in [6, 6.07) is 17.9. The Labute approximate surface area is 276 Å². The molecule has 2 amide bonds. The normalized spacial score (nSPS) is 14.2. The first kappa shape index (κ1) is 33.7. The van der Waals surface area contributed by atoms with Gasteiger partial charge in [0.1, 0.15) is 11.5 Å². The molecule has 248 valence electrons. The summed E-state index contributed by atoms with van der Waals surface area (Å²) in [6.07, 6.45) is 6.85. The van der Waals surface area contributed by atoms with Crippen molar-refractivity contribution in [3.63, 3.8) is 0 Å². The van der Waals surface area contributed by atoms with Gasteiger partial charge in [0, 0.05) is 42.7 Å². The highest BCUT2D eigenvalue weighted by atomic mass is 32.2. The van der Waals surface area contributed by atoms with Crippen LogP contribution in [-0.4, -0.2) is 70.5 Å². The van der Waals surface area contributed by atoms with E-state index in [4.69, 9.17) is 14.2 Å². The summed E-state index contributed by atoms with van der Waals surface area (Å²) in [5, 5.41) is 7.36. The van der Waals surface area contributed by atoms with Gasteiger partial charge in [-0.05, 0) is 47.4 Å². The molecular formula is C35H41N5O6S. The summed E-state index contributed by atoms with van der Waals surface area (Å²) in [5.41, 5.74) is 2.37. The second-order valence-corrected chi connectivity index (χ2v) is 14.0. The molecule has 0 radical (unpaired) electrons. The number of carbonyl (C=O) groups is 1. The number of pyridine rings is 1. The molecule has 12 heteroatoms. The number of morpholine rings is 1. The number of nitrogens with one attached hydrogen (secondary N) is 3. The molecule has 11 nitrogen and oxygen atoms in total. The lowest BCUT2D eigenvalue weighted by molar-refractivity contribution is 0.0435. The summed E-state index contributed by atoms with van der Waals surface area (Å²) >= 11 is 0. The first-order chi connectivity index (χ1) is 22.4. The minimum absolute atomic E-state index is 0.194. The first-order valence-electron chi connectivity index (χ1n) is 15.3. The third-order valence-corrected chi connectivity index (χ3v) is 8.16. The molecular weight excluding hydrogens is 618 g/mol. The van der Waals surface area contributed by atoms with Gasteiger partial charge in [-0.25, -0.2) is 13.2 Å². The number of hydrogen-bond donors (Lipinski definition) is 3. The van der Waals surface area contributed by atoms with E-state index in [-0.39, 0.29) is 16.9 Å². The van der Waals surface area contributed by atoms with Crippen LogP contribution in [0.1, 0.15) is 32.0 Å². The topological polar surface area (TPSA) is 131 Å². The van der Waals surface area contributed by atoms with E-state index in [0.717, 1.165) is 61.1 Å². The minimum Gasteiger partial charge on any atom is -0.492 e. The number of aromatic nitrogens is 1. The Bertz CT molecular complexity index is 1880. The molecule has 0 bridgehead atoms. The molecule has 3 aromatic carbocycles. The average Bonchev–Trinajstić information content (AvgIpc) is 3.02. The van der Waals surface area contributed by atoms with Crippen LogP contribution in [0.25, 0.3) is 16.8 Å². The second-order valence-electron chi connectivity index (χ2n) is 12.3. The molecule has 0 unspecified atom stereocenters. The largest absolute Gasteiger partial charge is 0.492 e. The number of methoxy groups -OCH3 is 1. The average molecular weight is 660 g/mol. The van der Waals surface area contributed by atoms with E-state index in [1.807, 2.05) is 57.2 Å². The number of benzene rings is 3. The van der Waals surface area contributed by atoms with Crippen LogP contribution < -0.4 is 24.8 Å². The van der Waals surface area contributed by atoms with Crippen molar-refractivity contribution < 1.29 is 27.4 Å². The highest BCUT2D eigenvalue weighted by Crippen LogP contribution is 2.40. The van der Waals surface area contributed by atoms with Crippen molar-refractivity contribution in [2.24, 2.45) is 0 Å². The summed E-state index contributed by atoms with van der Waals surface area (Å²) < 4.78 is 44.0. The van der Waals surface area contributed by atoms with Gasteiger partial charge in [0.15, 0.2) is 5.75 Å². The van der Waals surface area contributed by atoms with Crippen molar-refractivity contribution in [3.8, 4) is 17.2 Å².